The van der Waals surface area contributed by atoms with E-state index in [4.69, 9.17) is 5.11 Å². The van der Waals surface area contributed by atoms with Crippen molar-refractivity contribution >= 4 is 21.7 Å². The molecular weight excluding hydrogens is 246 g/mol. The van der Waals surface area contributed by atoms with Gasteiger partial charge in [-0.25, -0.2) is 9.97 Å². The maximum Gasteiger partial charge on any atom is 0.130 e. The first-order valence-electron chi connectivity index (χ1n) is 4.63. The maximum absolute atomic E-state index is 9.10. The highest BCUT2D eigenvalue weighted by atomic mass is 79.9. The van der Waals surface area contributed by atoms with Gasteiger partial charge in [-0.1, -0.05) is 0 Å². The van der Waals surface area contributed by atoms with Crippen LogP contribution in [-0.4, -0.2) is 27.7 Å². The molecule has 1 fully saturated rings. The molecule has 4 nitrogen and oxygen atoms in total. The number of hydrogen-bond donors (Lipinski definition) is 2. The molecule has 1 aliphatic carbocycles. The van der Waals surface area contributed by atoms with Crippen molar-refractivity contribution < 1.29 is 5.11 Å². The summed E-state index contributed by atoms with van der Waals surface area (Å²) in [5.41, 5.74) is 0. The van der Waals surface area contributed by atoms with E-state index >= 15 is 0 Å². The lowest BCUT2D eigenvalue weighted by Gasteiger charge is -2.31. The second kappa shape index (κ2) is 4.23. The van der Waals surface area contributed by atoms with Crippen LogP contribution in [0.3, 0.4) is 0 Å². The molecule has 0 bridgehead atoms. The van der Waals surface area contributed by atoms with Gasteiger partial charge in [-0.3, -0.25) is 0 Å². The van der Waals surface area contributed by atoms with Gasteiger partial charge in [0.25, 0.3) is 0 Å². The van der Waals surface area contributed by atoms with Gasteiger partial charge < -0.3 is 10.4 Å². The summed E-state index contributed by atoms with van der Waals surface area (Å²) in [6, 6.07) is 1.84. The molecule has 2 N–H and O–H groups in total. The summed E-state index contributed by atoms with van der Waals surface area (Å²) in [6.45, 7) is 0.876. The highest BCUT2D eigenvalue weighted by Gasteiger charge is 2.26. The van der Waals surface area contributed by atoms with Gasteiger partial charge in [-0.15, -0.1) is 0 Å². The van der Waals surface area contributed by atoms with Gasteiger partial charge in [-0.2, -0.15) is 0 Å². The topological polar surface area (TPSA) is 58.0 Å². The molecule has 0 atom stereocenters. The highest BCUT2D eigenvalue weighted by Crippen LogP contribution is 2.27. The van der Waals surface area contributed by atoms with Crippen molar-refractivity contribution in [3.63, 3.8) is 0 Å². The minimum atomic E-state index is -0.0843. The lowest BCUT2D eigenvalue weighted by Crippen LogP contribution is -2.33. The van der Waals surface area contributed by atoms with E-state index in [0.29, 0.717) is 5.92 Å². The van der Waals surface area contributed by atoms with E-state index in [2.05, 4.69) is 31.2 Å². The first-order valence-corrected chi connectivity index (χ1v) is 5.43. The summed E-state index contributed by atoms with van der Waals surface area (Å²) in [5, 5.41) is 12.3. The minimum Gasteiger partial charge on any atom is -0.393 e. The summed E-state index contributed by atoms with van der Waals surface area (Å²) in [7, 11) is 0. The fraction of sp³-hybridized carbons (Fsp3) is 0.556. The number of rotatable bonds is 3. The van der Waals surface area contributed by atoms with E-state index < -0.39 is 0 Å². The van der Waals surface area contributed by atoms with E-state index in [1.165, 1.54) is 6.33 Å². The number of hydrogen-bond acceptors (Lipinski definition) is 4. The molecule has 1 aromatic rings. The molecule has 1 aliphatic rings. The van der Waals surface area contributed by atoms with Crippen LogP contribution in [0.15, 0.2) is 17.0 Å². The molecule has 1 saturated carbocycles. The molecule has 2 rings (SSSR count). The first-order chi connectivity index (χ1) is 6.74. The predicted octanol–water partition coefficient (Wildman–Crippen LogP) is 1.42. The van der Waals surface area contributed by atoms with Gasteiger partial charge in [-0.05, 0) is 34.7 Å². The van der Waals surface area contributed by atoms with E-state index in [1.54, 1.807) is 0 Å². The number of aliphatic hydroxyl groups excluding tert-OH is 1. The summed E-state index contributed by atoms with van der Waals surface area (Å²) < 4.78 is 0.781. The molecule has 76 valence electrons. The largest absolute Gasteiger partial charge is 0.393 e. The van der Waals surface area contributed by atoms with Crippen molar-refractivity contribution in [3.05, 3.63) is 17.0 Å². The van der Waals surface area contributed by atoms with Crippen molar-refractivity contribution in [2.75, 3.05) is 11.9 Å². The first kappa shape index (κ1) is 9.86. The van der Waals surface area contributed by atoms with E-state index in [9.17, 15) is 0 Å². The summed E-state index contributed by atoms with van der Waals surface area (Å²) >= 11 is 3.28. The van der Waals surface area contributed by atoms with Crippen LogP contribution in [0.2, 0.25) is 0 Å². The van der Waals surface area contributed by atoms with Crippen LogP contribution in [0.5, 0.6) is 0 Å². The SMILES string of the molecule is OC1CC(CNc2cc(Br)ncn2)C1. The normalized spacial score (nSPS) is 25.6. The molecule has 0 aromatic carbocycles. The third kappa shape index (κ3) is 2.42. The number of halogens is 1. The molecule has 0 saturated heterocycles. The van der Waals surface area contributed by atoms with Crippen LogP contribution in [0.1, 0.15) is 12.8 Å². The molecule has 0 unspecified atom stereocenters. The Balaban J connectivity index is 1.80. The monoisotopic (exact) mass is 257 g/mol. The number of nitrogens with zero attached hydrogens (tertiary/aromatic N) is 2. The summed E-state index contributed by atoms with van der Waals surface area (Å²) in [6.07, 6.45) is 3.24. The Morgan fingerprint density at radius 2 is 2.29 bits per heavy atom. The lowest BCUT2D eigenvalue weighted by molar-refractivity contribution is 0.0486. The average molecular weight is 258 g/mol. The summed E-state index contributed by atoms with van der Waals surface area (Å²) in [5.74, 6) is 1.41. The second-order valence-electron chi connectivity index (χ2n) is 3.60. The zero-order chi connectivity index (χ0) is 9.97. The van der Waals surface area contributed by atoms with Crippen LogP contribution < -0.4 is 5.32 Å². The van der Waals surface area contributed by atoms with Crippen molar-refractivity contribution in [1.82, 2.24) is 9.97 Å². The smallest absolute Gasteiger partial charge is 0.130 e. The fourth-order valence-electron chi connectivity index (χ4n) is 1.55. The lowest BCUT2D eigenvalue weighted by atomic mass is 9.82. The predicted molar refractivity (Wildman–Crippen MR) is 57.0 cm³/mol. The van der Waals surface area contributed by atoms with Crippen LogP contribution in [-0.2, 0) is 0 Å². The van der Waals surface area contributed by atoms with Gasteiger partial charge in [0, 0.05) is 12.6 Å². The second-order valence-corrected chi connectivity index (χ2v) is 4.41. The van der Waals surface area contributed by atoms with Crippen LogP contribution in [0, 0.1) is 5.92 Å². The Labute approximate surface area is 90.9 Å². The molecule has 1 aromatic heterocycles. The van der Waals surface area contributed by atoms with Crippen molar-refractivity contribution in [3.8, 4) is 0 Å². The third-order valence-electron chi connectivity index (χ3n) is 2.42. The van der Waals surface area contributed by atoms with Crippen LogP contribution in [0.25, 0.3) is 0 Å². The Kier molecular flexibility index (Phi) is 2.98. The Hall–Kier alpha value is -0.680. The zero-order valence-electron chi connectivity index (χ0n) is 7.65. The Morgan fingerprint density at radius 3 is 2.93 bits per heavy atom. The average Bonchev–Trinajstić information content (AvgIpc) is 2.11. The number of nitrogens with one attached hydrogen (secondary N) is 1. The highest BCUT2D eigenvalue weighted by molar-refractivity contribution is 9.10. The van der Waals surface area contributed by atoms with Gasteiger partial charge >= 0.3 is 0 Å². The number of anilines is 1. The fourth-order valence-corrected chi connectivity index (χ4v) is 1.85. The van der Waals surface area contributed by atoms with Crippen molar-refractivity contribution in [2.24, 2.45) is 5.92 Å². The Bertz CT molecular complexity index is 315. The molecule has 0 radical (unpaired) electrons. The van der Waals surface area contributed by atoms with Gasteiger partial charge in [0.2, 0.25) is 0 Å². The number of aromatic nitrogens is 2. The standard InChI is InChI=1S/C9H12BrN3O/c10-8-3-9(13-5-12-8)11-4-6-1-7(14)2-6/h3,5-7,14H,1-2,4H2,(H,11,12,13). The van der Waals surface area contributed by atoms with Crippen molar-refractivity contribution in [2.45, 2.75) is 18.9 Å². The molecular formula is C9H12BrN3O. The van der Waals surface area contributed by atoms with Crippen molar-refractivity contribution in [1.29, 1.82) is 0 Å². The minimum absolute atomic E-state index is 0.0843. The number of aliphatic hydroxyl groups is 1. The molecule has 14 heavy (non-hydrogen) atoms. The quantitative estimate of drug-likeness (QED) is 0.805. The van der Waals surface area contributed by atoms with Crippen LogP contribution >= 0.6 is 15.9 Å². The van der Waals surface area contributed by atoms with Gasteiger partial charge in [0.15, 0.2) is 0 Å². The molecule has 0 aliphatic heterocycles. The summed E-state index contributed by atoms with van der Waals surface area (Å²) in [4.78, 5) is 8.01. The van der Waals surface area contributed by atoms with E-state index in [-0.39, 0.29) is 6.10 Å². The maximum atomic E-state index is 9.10. The molecule has 0 spiro atoms. The van der Waals surface area contributed by atoms with Crippen LogP contribution in [0.4, 0.5) is 5.82 Å². The van der Waals surface area contributed by atoms with Gasteiger partial charge in [0.05, 0.1) is 6.10 Å². The molecule has 1 heterocycles. The van der Waals surface area contributed by atoms with Gasteiger partial charge in [0.1, 0.15) is 16.7 Å². The zero-order valence-corrected chi connectivity index (χ0v) is 9.24. The van der Waals surface area contributed by atoms with E-state index in [0.717, 1.165) is 29.8 Å². The molecule has 5 heteroatoms. The molecule has 0 amide bonds. The third-order valence-corrected chi connectivity index (χ3v) is 2.85. The Morgan fingerprint density at radius 1 is 1.50 bits per heavy atom. The van der Waals surface area contributed by atoms with E-state index in [1.807, 2.05) is 6.07 Å².